The molecule has 2 nitrogen and oxygen atoms in total. The lowest BCUT2D eigenvalue weighted by molar-refractivity contribution is -0.661. The molecule has 0 saturated heterocycles. The summed E-state index contributed by atoms with van der Waals surface area (Å²) in [5, 5.41) is 1.26. The molecule has 124 valence electrons. The molecule has 0 unspecified atom stereocenters. The van der Waals surface area contributed by atoms with Gasteiger partial charge in [0.25, 0.3) is 0 Å². The van der Waals surface area contributed by atoms with E-state index in [2.05, 4.69) is 82.8 Å². The van der Waals surface area contributed by atoms with Gasteiger partial charge in [0.15, 0.2) is 5.52 Å². The number of hydrogen-bond donors (Lipinski definition) is 0. The third kappa shape index (κ3) is 3.06. The van der Waals surface area contributed by atoms with E-state index in [-0.39, 0.29) is 0 Å². The summed E-state index contributed by atoms with van der Waals surface area (Å²) >= 11 is 0. The fraction of sp³-hybridized carbons (Fsp3) is 0.364. The van der Waals surface area contributed by atoms with Crippen molar-refractivity contribution in [3.8, 4) is 11.4 Å². The molecule has 0 atom stereocenters. The first kappa shape index (κ1) is 16.6. The number of nitrogens with zero attached hydrogens (tertiary/aromatic N) is 2. The molecule has 0 spiro atoms. The maximum Gasteiger partial charge on any atom is 0.331 e. The van der Waals surface area contributed by atoms with Crippen LogP contribution in [0.2, 0.25) is 0 Å². The van der Waals surface area contributed by atoms with E-state index in [4.69, 9.17) is 4.98 Å². The minimum absolute atomic E-state index is 0.641. The van der Waals surface area contributed by atoms with Crippen LogP contribution < -0.4 is 4.57 Å². The molecule has 1 heterocycles. The molecule has 0 N–H and O–H groups in total. The van der Waals surface area contributed by atoms with E-state index >= 15 is 0 Å². The van der Waals surface area contributed by atoms with Crippen LogP contribution in [0.25, 0.3) is 22.3 Å². The topological polar surface area (TPSA) is 16.8 Å². The van der Waals surface area contributed by atoms with E-state index in [1.165, 1.54) is 33.2 Å². The highest BCUT2D eigenvalue weighted by atomic mass is 15.0. The summed E-state index contributed by atoms with van der Waals surface area (Å²) in [6, 6.07) is 11.0. The van der Waals surface area contributed by atoms with Gasteiger partial charge in [0.1, 0.15) is 6.20 Å². The predicted molar refractivity (Wildman–Crippen MR) is 101 cm³/mol. The van der Waals surface area contributed by atoms with Gasteiger partial charge in [-0.2, -0.15) is 0 Å². The summed E-state index contributed by atoms with van der Waals surface area (Å²) in [6.07, 6.45) is 3.33. The molecule has 0 radical (unpaired) electrons. The third-order valence-corrected chi connectivity index (χ3v) is 4.74. The van der Waals surface area contributed by atoms with Gasteiger partial charge >= 0.3 is 5.82 Å². The van der Waals surface area contributed by atoms with Crippen LogP contribution >= 0.6 is 0 Å². The number of aromatic nitrogens is 2. The van der Waals surface area contributed by atoms with E-state index in [1.54, 1.807) is 0 Å². The van der Waals surface area contributed by atoms with Gasteiger partial charge in [0.2, 0.25) is 0 Å². The summed E-state index contributed by atoms with van der Waals surface area (Å²) in [4.78, 5) is 5.02. The summed E-state index contributed by atoms with van der Waals surface area (Å²) in [7, 11) is 2.10. The lowest BCUT2D eigenvalue weighted by Gasteiger charge is -2.10. The molecular weight excluding hydrogens is 292 g/mol. The second-order valence-corrected chi connectivity index (χ2v) is 7.38. The molecule has 3 aromatic rings. The highest BCUT2D eigenvalue weighted by molar-refractivity contribution is 5.82. The Balaban J connectivity index is 2.23. The van der Waals surface area contributed by atoms with Gasteiger partial charge < -0.3 is 0 Å². The molecule has 0 amide bonds. The SMILES string of the molecule is Cc1cc(C)c(C)c(-c2nc3cccc(CC(C)C)c3c[n+]2C)c1. The molecule has 1 aromatic heterocycles. The summed E-state index contributed by atoms with van der Waals surface area (Å²) in [5.74, 6) is 1.68. The lowest BCUT2D eigenvalue weighted by Crippen LogP contribution is -2.32. The lowest BCUT2D eigenvalue weighted by atomic mass is 9.98. The third-order valence-electron chi connectivity index (χ3n) is 4.74. The second-order valence-electron chi connectivity index (χ2n) is 7.38. The minimum atomic E-state index is 0.641. The summed E-state index contributed by atoms with van der Waals surface area (Å²) < 4.78 is 2.17. The molecule has 24 heavy (non-hydrogen) atoms. The first-order valence-corrected chi connectivity index (χ1v) is 8.73. The van der Waals surface area contributed by atoms with Gasteiger partial charge in [-0.15, -0.1) is 0 Å². The highest BCUT2D eigenvalue weighted by Crippen LogP contribution is 2.26. The van der Waals surface area contributed by atoms with E-state index in [1.807, 2.05) is 0 Å². The zero-order valence-corrected chi connectivity index (χ0v) is 15.6. The Morgan fingerprint density at radius 2 is 1.83 bits per heavy atom. The molecule has 2 aromatic carbocycles. The van der Waals surface area contributed by atoms with Gasteiger partial charge in [-0.05, 0) is 72.5 Å². The quantitative estimate of drug-likeness (QED) is 0.631. The van der Waals surface area contributed by atoms with Crippen LogP contribution in [0.4, 0.5) is 0 Å². The van der Waals surface area contributed by atoms with Gasteiger partial charge in [0, 0.05) is 0 Å². The smallest absolute Gasteiger partial charge is 0.232 e. The van der Waals surface area contributed by atoms with Crippen LogP contribution in [0.1, 0.15) is 36.1 Å². The van der Waals surface area contributed by atoms with Crippen molar-refractivity contribution in [3.63, 3.8) is 0 Å². The maximum absolute atomic E-state index is 5.02. The number of rotatable bonds is 3. The van der Waals surface area contributed by atoms with Gasteiger partial charge in [0.05, 0.1) is 18.0 Å². The van der Waals surface area contributed by atoms with Crippen molar-refractivity contribution in [1.82, 2.24) is 4.98 Å². The normalized spacial score (nSPS) is 11.5. The van der Waals surface area contributed by atoms with E-state index in [9.17, 15) is 0 Å². The Morgan fingerprint density at radius 1 is 1.08 bits per heavy atom. The van der Waals surface area contributed by atoms with Crippen molar-refractivity contribution < 1.29 is 4.57 Å². The largest absolute Gasteiger partial charge is 0.331 e. The molecule has 0 aliphatic heterocycles. The Morgan fingerprint density at radius 3 is 2.54 bits per heavy atom. The van der Waals surface area contributed by atoms with Crippen LogP contribution in [-0.4, -0.2) is 4.98 Å². The predicted octanol–water partition coefficient (Wildman–Crippen LogP) is 4.85. The van der Waals surface area contributed by atoms with Crippen LogP contribution in [0.3, 0.4) is 0 Å². The average molecular weight is 319 g/mol. The average Bonchev–Trinajstić information content (AvgIpc) is 2.50. The zero-order chi connectivity index (χ0) is 17.4. The molecule has 0 fully saturated rings. The second kappa shape index (κ2) is 6.35. The van der Waals surface area contributed by atoms with Crippen molar-refractivity contribution in [2.75, 3.05) is 0 Å². The van der Waals surface area contributed by atoms with E-state index in [0.717, 1.165) is 17.8 Å². The van der Waals surface area contributed by atoms with Crippen molar-refractivity contribution in [2.45, 2.75) is 41.0 Å². The summed E-state index contributed by atoms with van der Waals surface area (Å²) in [6.45, 7) is 11.0. The van der Waals surface area contributed by atoms with Crippen molar-refractivity contribution in [3.05, 3.63) is 58.8 Å². The molecule has 0 aliphatic carbocycles. The Labute approximate surface area is 145 Å². The molecule has 3 rings (SSSR count). The van der Waals surface area contributed by atoms with Gasteiger partial charge in [-0.25, -0.2) is 4.57 Å². The van der Waals surface area contributed by atoms with E-state index < -0.39 is 0 Å². The number of fused-ring (bicyclic) bond motifs is 1. The molecular formula is C22H27N2+. The standard InChI is InChI=1S/C22H27N2/c1-14(2)10-18-8-7-9-21-20(18)13-24(6)22(23-21)19-12-15(3)11-16(4)17(19)5/h7-9,11-14H,10H2,1-6H3/q+1. The number of aryl methyl sites for hydroxylation is 3. The number of benzene rings is 2. The van der Waals surface area contributed by atoms with Crippen molar-refractivity contribution >= 4 is 10.9 Å². The first-order chi connectivity index (χ1) is 11.4. The van der Waals surface area contributed by atoms with Crippen molar-refractivity contribution in [1.29, 1.82) is 0 Å². The first-order valence-electron chi connectivity index (χ1n) is 8.73. The van der Waals surface area contributed by atoms with Crippen LogP contribution in [0.5, 0.6) is 0 Å². The van der Waals surface area contributed by atoms with Crippen LogP contribution in [0.15, 0.2) is 36.5 Å². The van der Waals surface area contributed by atoms with Gasteiger partial charge in [-0.1, -0.05) is 32.0 Å². The highest BCUT2D eigenvalue weighted by Gasteiger charge is 2.20. The van der Waals surface area contributed by atoms with Crippen LogP contribution in [0, 0.1) is 26.7 Å². The Bertz CT molecular complexity index is 907. The molecule has 0 aliphatic rings. The number of hydrogen-bond acceptors (Lipinski definition) is 1. The van der Waals surface area contributed by atoms with Crippen molar-refractivity contribution in [2.24, 2.45) is 13.0 Å². The van der Waals surface area contributed by atoms with Crippen LogP contribution in [-0.2, 0) is 13.5 Å². The minimum Gasteiger partial charge on any atom is -0.232 e. The monoisotopic (exact) mass is 319 g/mol. The van der Waals surface area contributed by atoms with E-state index in [0.29, 0.717) is 5.92 Å². The molecule has 0 saturated carbocycles. The maximum atomic E-state index is 5.02. The van der Waals surface area contributed by atoms with Gasteiger partial charge in [-0.3, -0.25) is 0 Å². The Kier molecular flexibility index (Phi) is 4.40. The molecule has 2 heteroatoms. The summed E-state index contributed by atoms with van der Waals surface area (Å²) in [5.41, 5.74) is 7.60. The Hall–Kier alpha value is -2.22. The fourth-order valence-electron chi connectivity index (χ4n) is 3.43. The zero-order valence-electron chi connectivity index (χ0n) is 15.6. The fourth-order valence-corrected chi connectivity index (χ4v) is 3.43. The molecule has 0 bridgehead atoms.